The zero-order valence-electron chi connectivity index (χ0n) is 11.6. The van der Waals surface area contributed by atoms with Crippen LogP contribution in [0.5, 0.6) is 0 Å². The minimum atomic E-state index is -0.110. The van der Waals surface area contributed by atoms with E-state index in [9.17, 15) is 4.79 Å². The van der Waals surface area contributed by atoms with Crippen molar-refractivity contribution in [2.45, 2.75) is 44.8 Å². The molecule has 2 saturated heterocycles. The normalized spacial score (nSPS) is 26.8. The van der Waals surface area contributed by atoms with Crippen LogP contribution in [0.1, 0.15) is 32.6 Å². The van der Waals surface area contributed by atoms with Crippen LogP contribution in [0, 0.1) is 17.2 Å². The van der Waals surface area contributed by atoms with E-state index < -0.39 is 0 Å². The molecule has 0 aromatic carbocycles. The fraction of sp³-hybridized carbons (Fsp3) is 0.857. The number of rotatable bonds is 4. The fourth-order valence-electron chi connectivity index (χ4n) is 2.75. The largest absolute Gasteiger partial charge is 0.376 e. The molecule has 0 saturated carbocycles. The first-order valence-corrected chi connectivity index (χ1v) is 7.23. The van der Waals surface area contributed by atoms with Crippen LogP contribution in [-0.4, -0.2) is 49.2 Å². The van der Waals surface area contributed by atoms with Crippen LogP contribution in [0.2, 0.25) is 0 Å². The van der Waals surface area contributed by atoms with E-state index in [0.717, 1.165) is 45.4 Å². The highest BCUT2D eigenvalue weighted by Crippen LogP contribution is 2.18. The number of likely N-dealkylation sites (tertiary alicyclic amines) is 1. The van der Waals surface area contributed by atoms with Gasteiger partial charge in [-0.1, -0.05) is 0 Å². The van der Waals surface area contributed by atoms with E-state index in [1.807, 2.05) is 6.92 Å². The van der Waals surface area contributed by atoms with Crippen LogP contribution in [0.3, 0.4) is 0 Å². The predicted octanol–water partition coefficient (Wildman–Crippen LogP) is 0.906. The van der Waals surface area contributed by atoms with E-state index in [1.54, 1.807) is 0 Å². The smallest absolute Gasteiger partial charge is 0.237 e. The lowest BCUT2D eigenvalue weighted by Gasteiger charge is -2.33. The highest BCUT2D eigenvalue weighted by Gasteiger charge is 2.27. The molecule has 0 aromatic heterocycles. The summed E-state index contributed by atoms with van der Waals surface area (Å²) in [5.74, 6) is 0.240. The number of nitriles is 1. The molecule has 5 nitrogen and oxygen atoms in total. The Balaban J connectivity index is 1.71. The number of hydrogen-bond donors (Lipinski definition) is 1. The topological polar surface area (TPSA) is 65.4 Å². The van der Waals surface area contributed by atoms with Gasteiger partial charge in [0.15, 0.2) is 0 Å². The van der Waals surface area contributed by atoms with Crippen molar-refractivity contribution in [3.8, 4) is 6.07 Å². The molecule has 2 fully saturated rings. The number of ether oxygens (including phenoxy) is 1. The van der Waals surface area contributed by atoms with Gasteiger partial charge < -0.3 is 10.1 Å². The van der Waals surface area contributed by atoms with Crippen LogP contribution in [0.25, 0.3) is 0 Å². The first kappa shape index (κ1) is 14.3. The van der Waals surface area contributed by atoms with E-state index in [2.05, 4.69) is 16.3 Å². The highest BCUT2D eigenvalue weighted by atomic mass is 16.5. The Morgan fingerprint density at radius 2 is 2.21 bits per heavy atom. The second-order valence-corrected chi connectivity index (χ2v) is 5.50. The van der Waals surface area contributed by atoms with Gasteiger partial charge in [-0.3, -0.25) is 9.69 Å². The quantitative estimate of drug-likeness (QED) is 0.820. The predicted molar refractivity (Wildman–Crippen MR) is 71.4 cm³/mol. The highest BCUT2D eigenvalue weighted by molar-refractivity contribution is 5.81. The number of nitrogens with zero attached hydrogens (tertiary/aromatic N) is 2. The zero-order chi connectivity index (χ0) is 13.7. The molecule has 1 N–H and O–H groups in total. The summed E-state index contributed by atoms with van der Waals surface area (Å²) in [7, 11) is 0. The van der Waals surface area contributed by atoms with Gasteiger partial charge in [-0.05, 0) is 32.6 Å². The molecule has 2 heterocycles. The van der Waals surface area contributed by atoms with Crippen molar-refractivity contribution >= 4 is 5.91 Å². The molecule has 5 heteroatoms. The Morgan fingerprint density at radius 1 is 1.47 bits per heavy atom. The third-order valence-electron chi connectivity index (χ3n) is 4.17. The minimum Gasteiger partial charge on any atom is -0.376 e. The molecule has 106 valence electrons. The minimum absolute atomic E-state index is 0.0749. The molecular weight excluding hydrogens is 242 g/mol. The van der Waals surface area contributed by atoms with Crippen LogP contribution < -0.4 is 5.32 Å². The van der Waals surface area contributed by atoms with Gasteiger partial charge in [-0.2, -0.15) is 5.26 Å². The van der Waals surface area contributed by atoms with E-state index in [-0.39, 0.29) is 24.0 Å². The van der Waals surface area contributed by atoms with E-state index in [4.69, 9.17) is 10.00 Å². The summed E-state index contributed by atoms with van der Waals surface area (Å²) < 4.78 is 5.49. The number of amides is 1. The standard InChI is InChI=1S/C14H23N3O2/c1-11(17-6-4-12(9-15)5-7-17)14(18)16-10-13-3-2-8-19-13/h11-13H,2-8,10H2,1H3,(H,16,18). The summed E-state index contributed by atoms with van der Waals surface area (Å²) in [4.78, 5) is 14.2. The van der Waals surface area contributed by atoms with E-state index >= 15 is 0 Å². The molecule has 0 bridgehead atoms. The second kappa shape index (κ2) is 6.88. The van der Waals surface area contributed by atoms with Crippen molar-refractivity contribution in [1.29, 1.82) is 5.26 Å². The van der Waals surface area contributed by atoms with Crippen LogP contribution in [-0.2, 0) is 9.53 Å². The molecule has 0 aliphatic carbocycles. The molecule has 0 radical (unpaired) electrons. The lowest BCUT2D eigenvalue weighted by Crippen LogP contribution is -2.49. The van der Waals surface area contributed by atoms with Crippen LogP contribution in [0.4, 0.5) is 0 Å². The maximum atomic E-state index is 12.1. The first-order valence-electron chi connectivity index (χ1n) is 7.23. The fourth-order valence-corrected chi connectivity index (χ4v) is 2.75. The van der Waals surface area contributed by atoms with Gasteiger partial charge in [0.25, 0.3) is 0 Å². The molecule has 2 rings (SSSR count). The molecule has 0 aromatic rings. The summed E-state index contributed by atoms with van der Waals surface area (Å²) >= 11 is 0. The summed E-state index contributed by atoms with van der Waals surface area (Å²) in [5.41, 5.74) is 0. The van der Waals surface area contributed by atoms with E-state index in [0.29, 0.717) is 6.54 Å². The van der Waals surface area contributed by atoms with Gasteiger partial charge in [0.05, 0.1) is 18.2 Å². The summed E-state index contributed by atoms with van der Waals surface area (Å²) in [5, 5.41) is 11.8. The molecule has 1 amide bonds. The van der Waals surface area contributed by atoms with Crippen LogP contribution >= 0.6 is 0 Å². The Morgan fingerprint density at radius 3 is 2.79 bits per heavy atom. The maximum Gasteiger partial charge on any atom is 0.237 e. The Labute approximate surface area is 114 Å². The van der Waals surface area contributed by atoms with Gasteiger partial charge in [-0.25, -0.2) is 0 Å². The monoisotopic (exact) mass is 265 g/mol. The van der Waals surface area contributed by atoms with Gasteiger partial charge in [-0.15, -0.1) is 0 Å². The van der Waals surface area contributed by atoms with Gasteiger partial charge in [0.1, 0.15) is 0 Å². The van der Waals surface area contributed by atoms with Crippen LogP contribution in [0.15, 0.2) is 0 Å². The van der Waals surface area contributed by atoms with Crippen molar-refractivity contribution in [3.63, 3.8) is 0 Å². The third-order valence-corrected chi connectivity index (χ3v) is 4.17. The summed E-state index contributed by atoms with van der Waals surface area (Å²) in [6.45, 7) is 5.06. The number of hydrogen-bond acceptors (Lipinski definition) is 4. The van der Waals surface area contributed by atoms with E-state index in [1.165, 1.54) is 0 Å². The number of piperidine rings is 1. The second-order valence-electron chi connectivity index (χ2n) is 5.50. The summed E-state index contributed by atoms with van der Waals surface area (Å²) in [6.07, 6.45) is 4.08. The third kappa shape index (κ3) is 3.92. The zero-order valence-corrected chi connectivity index (χ0v) is 11.6. The lowest BCUT2D eigenvalue weighted by atomic mass is 9.97. The SMILES string of the molecule is CC(C(=O)NCC1CCCO1)N1CCC(C#N)CC1. The number of carbonyl (C=O) groups is 1. The molecule has 2 aliphatic heterocycles. The molecule has 0 spiro atoms. The van der Waals surface area contributed by atoms with Crippen molar-refractivity contribution in [3.05, 3.63) is 0 Å². The lowest BCUT2D eigenvalue weighted by molar-refractivity contribution is -0.126. The number of nitrogens with one attached hydrogen (secondary N) is 1. The van der Waals surface area contributed by atoms with Gasteiger partial charge in [0, 0.05) is 32.2 Å². The van der Waals surface area contributed by atoms with Gasteiger partial charge >= 0.3 is 0 Å². The molecule has 2 unspecified atom stereocenters. The molecular formula is C14H23N3O2. The summed E-state index contributed by atoms with van der Waals surface area (Å²) in [6, 6.07) is 2.20. The maximum absolute atomic E-state index is 12.1. The Kier molecular flexibility index (Phi) is 5.17. The average molecular weight is 265 g/mol. The van der Waals surface area contributed by atoms with Gasteiger partial charge in [0.2, 0.25) is 5.91 Å². The van der Waals surface area contributed by atoms with Crippen molar-refractivity contribution in [2.75, 3.05) is 26.2 Å². The number of carbonyl (C=O) groups excluding carboxylic acids is 1. The van der Waals surface area contributed by atoms with Crippen molar-refractivity contribution in [2.24, 2.45) is 5.92 Å². The van der Waals surface area contributed by atoms with Crippen molar-refractivity contribution in [1.82, 2.24) is 10.2 Å². The Hall–Kier alpha value is -1.12. The van der Waals surface area contributed by atoms with Crippen molar-refractivity contribution < 1.29 is 9.53 Å². The average Bonchev–Trinajstić information content (AvgIpc) is 2.97. The molecule has 2 aliphatic rings. The molecule has 19 heavy (non-hydrogen) atoms. The first-order chi connectivity index (χ1) is 9.20. The Bertz CT molecular complexity index is 339. The molecule has 2 atom stereocenters.